The van der Waals surface area contributed by atoms with E-state index in [2.05, 4.69) is 47.4 Å². The second kappa shape index (κ2) is 11.0. The van der Waals surface area contributed by atoms with Crippen molar-refractivity contribution >= 4 is 21.7 Å². The Kier molecular flexibility index (Phi) is 7.88. The molecule has 0 aliphatic carbocycles. The van der Waals surface area contributed by atoms with E-state index >= 15 is 0 Å². The third-order valence-electron chi connectivity index (χ3n) is 6.22. The lowest BCUT2D eigenvalue weighted by atomic mass is 10.1. The second-order valence-electron chi connectivity index (χ2n) is 8.75. The minimum Gasteiger partial charge on any atom is -0.396 e. The maximum absolute atomic E-state index is 13.7. The molecule has 0 aliphatic heterocycles. The first-order valence-corrected chi connectivity index (χ1v) is 12.6. The van der Waals surface area contributed by atoms with Crippen LogP contribution < -0.4 is 5.56 Å². The van der Waals surface area contributed by atoms with E-state index in [0.717, 1.165) is 30.0 Å². The van der Waals surface area contributed by atoms with Gasteiger partial charge >= 0.3 is 0 Å². The maximum Gasteiger partial charge on any atom is 0.264 e. The number of rotatable bonds is 10. The summed E-state index contributed by atoms with van der Waals surface area (Å²) in [5.74, 6) is 0.762. The molecule has 0 fully saturated rings. The van der Waals surface area contributed by atoms with Gasteiger partial charge in [0.2, 0.25) is 0 Å². The summed E-state index contributed by atoms with van der Waals surface area (Å²) in [7, 11) is 0. The zero-order chi connectivity index (χ0) is 24.1. The summed E-state index contributed by atoms with van der Waals surface area (Å²) in [6.45, 7) is 8.11. The van der Waals surface area contributed by atoms with Gasteiger partial charge in [0.15, 0.2) is 4.83 Å². The third kappa shape index (κ3) is 5.27. The average molecular weight is 477 g/mol. The van der Waals surface area contributed by atoms with Gasteiger partial charge in [0.1, 0.15) is 5.82 Å². The number of hydrogen-bond acceptors (Lipinski definition) is 6. The van der Waals surface area contributed by atoms with Crippen molar-refractivity contribution in [2.45, 2.75) is 52.7 Å². The number of benzene rings is 2. The van der Waals surface area contributed by atoms with Crippen molar-refractivity contribution in [2.75, 3.05) is 13.2 Å². The van der Waals surface area contributed by atoms with Crippen LogP contribution in [0.5, 0.6) is 0 Å². The van der Waals surface area contributed by atoms with E-state index in [1.807, 2.05) is 41.8 Å². The Morgan fingerprint density at radius 1 is 1.06 bits per heavy atom. The fourth-order valence-corrected chi connectivity index (χ4v) is 5.18. The molecule has 178 valence electrons. The molecule has 2 aromatic carbocycles. The highest BCUT2D eigenvalue weighted by Gasteiger charge is 2.26. The summed E-state index contributed by atoms with van der Waals surface area (Å²) in [4.78, 5) is 21.8. The third-order valence-corrected chi connectivity index (χ3v) is 7.05. The van der Waals surface area contributed by atoms with Gasteiger partial charge in [0, 0.05) is 19.7 Å². The fraction of sp³-hybridized carbons (Fsp3) is 0.370. The molecule has 1 N–H and O–H groups in total. The predicted molar refractivity (Wildman–Crippen MR) is 138 cm³/mol. The maximum atomic E-state index is 13.7. The Hall–Kier alpha value is -2.87. The van der Waals surface area contributed by atoms with Crippen LogP contribution in [0.1, 0.15) is 54.0 Å². The number of fused-ring (bicyclic) bond motifs is 1. The van der Waals surface area contributed by atoms with Gasteiger partial charge in [0.25, 0.3) is 5.56 Å². The molecule has 0 saturated carbocycles. The van der Waals surface area contributed by atoms with Crippen LogP contribution in [0.2, 0.25) is 0 Å². The molecular weight excluding hydrogens is 444 g/mol. The topological polar surface area (TPSA) is 71.2 Å². The highest BCUT2D eigenvalue weighted by Crippen LogP contribution is 2.28. The zero-order valence-corrected chi connectivity index (χ0v) is 20.9. The van der Waals surface area contributed by atoms with E-state index < -0.39 is 0 Å². The number of aliphatic hydroxyl groups is 1. The van der Waals surface area contributed by atoms with E-state index in [0.29, 0.717) is 29.7 Å². The molecule has 0 saturated heterocycles. The predicted octanol–water partition coefficient (Wildman–Crippen LogP) is 4.85. The Morgan fingerprint density at radius 3 is 2.47 bits per heavy atom. The lowest BCUT2D eigenvalue weighted by Crippen LogP contribution is -2.36. The molecule has 7 heteroatoms. The van der Waals surface area contributed by atoms with Gasteiger partial charge in [-0.2, -0.15) is 4.37 Å². The van der Waals surface area contributed by atoms with E-state index in [1.165, 1.54) is 22.7 Å². The molecule has 34 heavy (non-hydrogen) atoms. The molecule has 0 aliphatic rings. The Balaban J connectivity index is 1.81. The summed E-state index contributed by atoms with van der Waals surface area (Å²) in [5, 5.41) is 10.2. The van der Waals surface area contributed by atoms with Crippen LogP contribution in [0.15, 0.2) is 59.4 Å². The van der Waals surface area contributed by atoms with Gasteiger partial charge in [-0.15, -0.1) is 0 Å². The normalized spacial score (nSPS) is 12.5. The SMILES string of the molecule is CCC(c1nc2snc(C)c2c(=O)n1Cc1ccccc1)N(CCCO)Cc1ccc(C)cc1. The summed E-state index contributed by atoms with van der Waals surface area (Å²) < 4.78 is 6.25. The monoisotopic (exact) mass is 476 g/mol. The van der Waals surface area contributed by atoms with Gasteiger partial charge in [0.05, 0.1) is 23.7 Å². The molecule has 4 aromatic rings. The van der Waals surface area contributed by atoms with Crippen LogP contribution in [-0.4, -0.2) is 37.1 Å². The molecule has 2 heterocycles. The number of aromatic nitrogens is 3. The van der Waals surface area contributed by atoms with E-state index in [9.17, 15) is 9.90 Å². The molecule has 0 bridgehead atoms. The molecule has 4 rings (SSSR count). The number of aliphatic hydroxyl groups excluding tert-OH is 1. The van der Waals surface area contributed by atoms with E-state index in [-0.39, 0.29) is 18.2 Å². The van der Waals surface area contributed by atoms with Crippen LogP contribution in [0, 0.1) is 13.8 Å². The Bertz CT molecular complexity index is 1280. The molecule has 6 nitrogen and oxygen atoms in total. The summed E-state index contributed by atoms with van der Waals surface area (Å²) in [5.41, 5.74) is 4.18. The minimum atomic E-state index is -0.0731. The summed E-state index contributed by atoms with van der Waals surface area (Å²) >= 11 is 1.29. The highest BCUT2D eigenvalue weighted by molar-refractivity contribution is 7.12. The van der Waals surface area contributed by atoms with Gasteiger partial charge < -0.3 is 5.11 Å². The van der Waals surface area contributed by atoms with Crippen LogP contribution in [-0.2, 0) is 13.1 Å². The van der Waals surface area contributed by atoms with Crippen LogP contribution in [0.3, 0.4) is 0 Å². The lowest BCUT2D eigenvalue weighted by molar-refractivity contribution is 0.153. The van der Waals surface area contributed by atoms with E-state index in [4.69, 9.17) is 4.98 Å². The molecular formula is C27H32N4O2S. The van der Waals surface area contributed by atoms with Gasteiger partial charge in [-0.3, -0.25) is 14.3 Å². The molecule has 0 amide bonds. The van der Waals surface area contributed by atoms with E-state index in [1.54, 1.807) is 0 Å². The minimum absolute atomic E-state index is 0.0361. The summed E-state index contributed by atoms with van der Waals surface area (Å²) in [6.07, 6.45) is 1.45. The highest BCUT2D eigenvalue weighted by atomic mass is 32.1. The number of nitrogens with zero attached hydrogens (tertiary/aromatic N) is 4. The number of hydrogen-bond donors (Lipinski definition) is 1. The van der Waals surface area contributed by atoms with Gasteiger partial charge in [-0.25, -0.2) is 4.98 Å². The van der Waals surface area contributed by atoms with Crippen molar-refractivity contribution in [3.8, 4) is 0 Å². The number of aryl methyl sites for hydroxylation is 2. The van der Waals surface area contributed by atoms with Crippen molar-refractivity contribution in [2.24, 2.45) is 0 Å². The zero-order valence-electron chi connectivity index (χ0n) is 20.1. The average Bonchev–Trinajstić information content (AvgIpc) is 3.22. The molecule has 0 spiro atoms. The standard InChI is InChI=1S/C27H32N4O2S/c1-4-23(30(15-8-16-32)17-22-13-11-19(2)12-14-22)25-28-26-24(20(3)29-34-26)27(33)31(25)18-21-9-6-5-7-10-21/h5-7,9-14,23,32H,4,8,15-18H2,1-3H3. The first kappa shape index (κ1) is 24.3. The van der Waals surface area contributed by atoms with Crippen molar-refractivity contribution in [1.82, 2.24) is 18.8 Å². The second-order valence-corrected chi connectivity index (χ2v) is 9.50. The van der Waals surface area contributed by atoms with Crippen LogP contribution >= 0.6 is 11.5 Å². The van der Waals surface area contributed by atoms with Crippen LogP contribution in [0.4, 0.5) is 0 Å². The summed E-state index contributed by atoms with van der Waals surface area (Å²) in [6, 6.07) is 18.5. The quantitative estimate of drug-likeness (QED) is 0.354. The van der Waals surface area contributed by atoms with Crippen molar-refractivity contribution in [1.29, 1.82) is 0 Å². The Morgan fingerprint density at radius 2 is 1.79 bits per heavy atom. The molecule has 2 aromatic heterocycles. The lowest BCUT2D eigenvalue weighted by Gasteiger charge is -2.32. The first-order chi connectivity index (χ1) is 16.5. The smallest absolute Gasteiger partial charge is 0.264 e. The Labute approximate surface area is 204 Å². The largest absolute Gasteiger partial charge is 0.396 e. The van der Waals surface area contributed by atoms with Crippen LogP contribution in [0.25, 0.3) is 10.2 Å². The molecule has 1 atom stereocenters. The first-order valence-electron chi connectivity index (χ1n) is 11.8. The van der Waals surface area contributed by atoms with Gasteiger partial charge in [-0.05, 0) is 49.3 Å². The fourth-order valence-electron chi connectivity index (χ4n) is 4.41. The molecule has 0 radical (unpaired) electrons. The van der Waals surface area contributed by atoms with Crippen molar-refractivity contribution in [3.05, 3.63) is 93.2 Å². The van der Waals surface area contributed by atoms with Crippen molar-refractivity contribution < 1.29 is 5.11 Å². The molecule has 1 unspecified atom stereocenters. The van der Waals surface area contributed by atoms with Crippen molar-refractivity contribution in [3.63, 3.8) is 0 Å². The van der Waals surface area contributed by atoms with Gasteiger partial charge in [-0.1, -0.05) is 67.1 Å².